The van der Waals surface area contributed by atoms with Gasteiger partial charge in [-0.15, -0.1) is 0 Å². The van der Waals surface area contributed by atoms with E-state index >= 15 is 0 Å². The van der Waals surface area contributed by atoms with Crippen LogP contribution in [0.15, 0.2) is 18.2 Å². The average molecular weight is 284 g/mol. The van der Waals surface area contributed by atoms with E-state index in [0.717, 1.165) is 5.56 Å². The van der Waals surface area contributed by atoms with Crippen molar-refractivity contribution in [3.05, 3.63) is 34.3 Å². The lowest BCUT2D eigenvalue weighted by atomic mass is 10.1. The highest BCUT2D eigenvalue weighted by Gasteiger charge is 2.20. The number of aryl methyl sites for hydroxylation is 1. The molecule has 1 amide bonds. The summed E-state index contributed by atoms with van der Waals surface area (Å²) in [5.41, 5.74) is 1.24. The maximum Gasteiger partial charge on any atom is 0.325 e. The maximum atomic E-state index is 12.3. The molecule has 0 N–H and O–H groups in total. The molecule has 1 rings (SSSR count). The van der Waals surface area contributed by atoms with Gasteiger partial charge in [0.25, 0.3) is 5.91 Å². The lowest BCUT2D eigenvalue weighted by Gasteiger charge is -2.20. The maximum absolute atomic E-state index is 12.3. The molecule has 0 aliphatic rings. The standard InChI is InChI=1S/C14H18ClNO3/c1-4-16(9-12(17)19-5-2)14(18)11-8-6-7-10(3)13(11)15/h6-8H,4-5,9H2,1-3H3. The Morgan fingerprint density at radius 2 is 2.00 bits per heavy atom. The first kappa shape index (κ1) is 15.5. The van der Waals surface area contributed by atoms with Gasteiger partial charge in [-0.25, -0.2) is 0 Å². The average Bonchev–Trinajstić information content (AvgIpc) is 2.39. The largest absolute Gasteiger partial charge is 0.465 e. The van der Waals surface area contributed by atoms with Gasteiger partial charge in [-0.2, -0.15) is 0 Å². The monoisotopic (exact) mass is 283 g/mol. The van der Waals surface area contributed by atoms with Crippen LogP contribution in [-0.4, -0.2) is 36.5 Å². The van der Waals surface area contributed by atoms with E-state index in [1.54, 1.807) is 26.0 Å². The fraction of sp³-hybridized carbons (Fsp3) is 0.429. The van der Waals surface area contributed by atoms with Gasteiger partial charge < -0.3 is 9.64 Å². The van der Waals surface area contributed by atoms with Gasteiger partial charge in [-0.3, -0.25) is 9.59 Å². The van der Waals surface area contributed by atoms with Crippen molar-refractivity contribution >= 4 is 23.5 Å². The molecule has 0 unspecified atom stereocenters. The van der Waals surface area contributed by atoms with Gasteiger partial charge in [-0.1, -0.05) is 23.7 Å². The number of likely N-dealkylation sites (N-methyl/N-ethyl adjacent to an activating group) is 1. The van der Waals surface area contributed by atoms with Crippen LogP contribution in [0.3, 0.4) is 0 Å². The number of esters is 1. The number of hydrogen-bond donors (Lipinski definition) is 0. The van der Waals surface area contributed by atoms with Crippen LogP contribution in [0.1, 0.15) is 29.8 Å². The zero-order valence-corrected chi connectivity index (χ0v) is 12.2. The van der Waals surface area contributed by atoms with E-state index in [-0.39, 0.29) is 12.5 Å². The minimum absolute atomic E-state index is 0.0621. The normalized spacial score (nSPS) is 10.1. The summed E-state index contributed by atoms with van der Waals surface area (Å²) in [5, 5.41) is 0.426. The minimum Gasteiger partial charge on any atom is -0.465 e. The third kappa shape index (κ3) is 3.96. The lowest BCUT2D eigenvalue weighted by molar-refractivity contribution is -0.143. The molecule has 104 valence electrons. The van der Waals surface area contributed by atoms with Gasteiger partial charge in [-0.05, 0) is 32.4 Å². The molecule has 1 aromatic rings. The Morgan fingerprint density at radius 3 is 2.58 bits per heavy atom. The lowest BCUT2D eigenvalue weighted by Crippen LogP contribution is -2.36. The number of benzene rings is 1. The van der Waals surface area contributed by atoms with Crippen molar-refractivity contribution in [2.75, 3.05) is 19.7 Å². The Morgan fingerprint density at radius 1 is 1.32 bits per heavy atom. The molecule has 0 aliphatic carbocycles. The van der Waals surface area contributed by atoms with Gasteiger partial charge in [0.15, 0.2) is 0 Å². The van der Waals surface area contributed by atoms with Gasteiger partial charge in [0.05, 0.1) is 17.2 Å². The van der Waals surface area contributed by atoms with E-state index in [1.165, 1.54) is 4.90 Å². The highest BCUT2D eigenvalue weighted by atomic mass is 35.5. The van der Waals surface area contributed by atoms with Crippen LogP contribution in [0.5, 0.6) is 0 Å². The molecule has 0 aliphatic heterocycles. The quantitative estimate of drug-likeness (QED) is 0.781. The fourth-order valence-electron chi connectivity index (χ4n) is 1.67. The number of ether oxygens (including phenoxy) is 1. The number of nitrogens with zero attached hydrogens (tertiary/aromatic N) is 1. The molecule has 0 heterocycles. The van der Waals surface area contributed by atoms with Crippen LogP contribution in [0.2, 0.25) is 5.02 Å². The fourth-order valence-corrected chi connectivity index (χ4v) is 1.88. The van der Waals surface area contributed by atoms with Crippen molar-refractivity contribution < 1.29 is 14.3 Å². The van der Waals surface area contributed by atoms with Gasteiger partial charge in [0.1, 0.15) is 6.54 Å². The van der Waals surface area contributed by atoms with Crippen molar-refractivity contribution in [2.24, 2.45) is 0 Å². The first-order valence-electron chi connectivity index (χ1n) is 6.21. The van der Waals surface area contributed by atoms with Crippen LogP contribution >= 0.6 is 11.6 Å². The van der Waals surface area contributed by atoms with Crippen molar-refractivity contribution in [3.63, 3.8) is 0 Å². The molecule has 4 nitrogen and oxygen atoms in total. The van der Waals surface area contributed by atoms with Crippen LogP contribution in [0.4, 0.5) is 0 Å². The second kappa shape index (κ2) is 7.14. The Labute approximate surface area is 118 Å². The number of halogens is 1. The summed E-state index contributed by atoms with van der Waals surface area (Å²) < 4.78 is 4.85. The predicted molar refractivity (Wildman–Crippen MR) is 74.4 cm³/mol. The molecule has 0 saturated carbocycles. The van der Waals surface area contributed by atoms with Crippen molar-refractivity contribution in [2.45, 2.75) is 20.8 Å². The molecule has 0 radical (unpaired) electrons. The van der Waals surface area contributed by atoms with Crippen molar-refractivity contribution in [1.82, 2.24) is 4.90 Å². The highest BCUT2D eigenvalue weighted by Crippen LogP contribution is 2.21. The zero-order valence-electron chi connectivity index (χ0n) is 11.4. The summed E-state index contributed by atoms with van der Waals surface area (Å²) in [4.78, 5) is 25.2. The molecule has 19 heavy (non-hydrogen) atoms. The number of carbonyl (C=O) groups excluding carboxylic acids is 2. The third-order valence-corrected chi connectivity index (χ3v) is 3.22. The Balaban J connectivity index is 2.89. The Kier molecular flexibility index (Phi) is 5.83. The smallest absolute Gasteiger partial charge is 0.325 e. The molecular formula is C14H18ClNO3. The highest BCUT2D eigenvalue weighted by molar-refractivity contribution is 6.34. The van der Waals surface area contributed by atoms with E-state index in [9.17, 15) is 9.59 Å². The molecule has 0 aromatic heterocycles. The number of amides is 1. The summed E-state index contributed by atoms with van der Waals surface area (Å²) >= 11 is 6.12. The van der Waals surface area contributed by atoms with E-state index < -0.39 is 5.97 Å². The second-order valence-electron chi connectivity index (χ2n) is 4.06. The van der Waals surface area contributed by atoms with Crippen LogP contribution in [0, 0.1) is 6.92 Å². The van der Waals surface area contributed by atoms with Gasteiger partial charge in [0.2, 0.25) is 0 Å². The van der Waals surface area contributed by atoms with E-state index in [1.807, 2.05) is 13.0 Å². The van der Waals surface area contributed by atoms with E-state index in [2.05, 4.69) is 0 Å². The molecule has 0 fully saturated rings. The van der Waals surface area contributed by atoms with Gasteiger partial charge >= 0.3 is 5.97 Å². The minimum atomic E-state index is -0.415. The molecule has 0 saturated heterocycles. The molecule has 0 spiro atoms. The van der Waals surface area contributed by atoms with Crippen LogP contribution in [0.25, 0.3) is 0 Å². The number of carbonyl (C=O) groups is 2. The van der Waals surface area contributed by atoms with Crippen molar-refractivity contribution in [1.29, 1.82) is 0 Å². The van der Waals surface area contributed by atoms with Crippen LogP contribution in [-0.2, 0) is 9.53 Å². The summed E-state index contributed by atoms with van der Waals surface area (Å²) in [6, 6.07) is 5.26. The number of rotatable bonds is 5. The topological polar surface area (TPSA) is 46.6 Å². The van der Waals surface area contributed by atoms with Gasteiger partial charge in [0, 0.05) is 6.54 Å². The van der Waals surface area contributed by atoms with E-state index in [0.29, 0.717) is 23.7 Å². The summed E-state index contributed by atoms with van der Waals surface area (Å²) in [7, 11) is 0. The molecule has 0 bridgehead atoms. The first-order valence-corrected chi connectivity index (χ1v) is 6.59. The Bertz CT molecular complexity index is 474. The van der Waals surface area contributed by atoms with Crippen molar-refractivity contribution in [3.8, 4) is 0 Å². The summed E-state index contributed by atoms with van der Waals surface area (Å²) in [6.07, 6.45) is 0. The zero-order chi connectivity index (χ0) is 14.4. The van der Waals surface area contributed by atoms with Crippen LogP contribution < -0.4 is 0 Å². The van der Waals surface area contributed by atoms with E-state index in [4.69, 9.17) is 16.3 Å². The summed E-state index contributed by atoms with van der Waals surface area (Å²) in [5.74, 6) is -0.675. The SMILES string of the molecule is CCOC(=O)CN(CC)C(=O)c1cccc(C)c1Cl. The Hall–Kier alpha value is -1.55. The molecule has 1 aromatic carbocycles. The molecular weight excluding hydrogens is 266 g/mol. The predicted octanol–water partition coefficient (Wildman–Crippen LogP) is 2.67. The summed E-state index contributed by atoms with van der Waals surface area (Å²) in [6.45, 7) is 6.03. The number of hydrogen-bond acceptors (Lipinski definition) is 3. The second-order valence-corrected chi connectivity index (χ2v) is 4.44. The molecule has 5 heteroatoms. The molecule has 0 atom stereocenters. The third-order valence-electron chi connectivity index (χ3n) is 2.72. The first-order chi connectivity index (χ1) is 9.01.